The predicted molar refractivity (Wildman–Crippen MR) is 144 cm³/mol. The van der Waals surface area contributed by atoms with Gasteiger partial charge in [-0.25, -0.2) is 9.18 Å². The lowest BCUT2D eigenvalue weighted by Gasteiger charge is -2.34. The van der Waals surface area contributed by atoms with Gasteiger partial charge >= 0.3 is 6.03 Å². The highest BCUT2D eigenvalue weighted by Gasteiger charge is 2.28. The summed E-state index contributed by atoms with van der Waals surface area (Å²) in [5, 5.41) is 3.31. The smallest absolute Gasteiger partial charge is 0.321 e. The normalized spacial score (nSPS) is 13.5. The van der Waals surface area contributed by atoms with Crippen LogP contribution in [0.25, 0.3) is 16.9 Å². The summed E-state index contributed by atoms with van der Waals surface area (Å²) in [6.45, 7) is 3.47. The van der Waals surface area contributed by atoms with Crippen molar-refractivity contribution in [3.05, 3.63) is 107 Å². The number of benzene rings is 3. The number of nitrogens with zero attached hydrogens (tertiary/aromatic N) is 3. The lowest BCUT2D eigenvalue weighted by atomic mass is 10.1. The minimum atomic E-state index is -0.415. The number of piperazine rings is 1. The number of hydrogen-bond donors (Lipinski definition) is 1. The molecule has 0 spiro atoms. The van der Waals surface area contributed by atoms with Gasteiger partial charge in [0.25, 0.3) is 5.91 Å². The predicted octanol–water partition coefficient (Wildman–Crippen LogP) is 6.24. The number of rotatable bonds is 4. The van der Waals surface area contributed by atoms with Gasteiger partial charge in [0, 0.05) is 37.6 Å². The summed E-state index contributed by atoms with van der Waals surface area (Å²) in [7, 11) is 0. The molecular formula is C29H26ClFN4O2. The van der Waals surface area contributed by atoms with E-state index in [2.05, 4.69) is 5.32 Å². The first-order chi connectivity index (χ1) is 17.9. The van der Waals surface area contributed by atoms with Gasteiger partial charge in [-0.15, -0.1) is 0 Å². The van der Waals surface area contributed by atoms with Crippen molar-refractivity contribution in [3.8, 4) is 16.9 Å². The Morgan fingerprint density at radius 2 is 1.51 bits per heavy atom. The standard InChI is InChI=1S/C29H26ClFN4O2/c1-20-24(19-27(21-8-3-2-4-9-21)35(20)26-13-6-5-12-25(26)30)28(36)33-14-16-34(17-15-33)29(37)32-23-11-7-10-22(31)18-23/h2-13,18-19H,14-17H2,1H3,(H,32,37). The maximum atomic E-state index is 13.7. The van der Waals surface area contributed by atoms with Gasteiger partial charge in [0.05, 0.1) is 22.0 Å². The van der Waals surface area contributed by atoms with E-state index in [1.807, 2.05) is 72.2 Å². The summed E-state index contributed by atoms with van der Waals surface area (Å²) in [6.07, 6.45) is 0. The van der Waals surface area contributed by atoms with Crippen molar-refractivity contribution in [1.29, 1.82) is 0 Å². The molecule has 1 aromatic heterocycles. The van der Waals surface area contributed by atoms with Crippen molar-refractivity contribution in [1.82, 2.24) is 14.4 Å². The Morgan fingerprint density at radius 3 is 2.22 bits per heavy atom. The average molecular weight is 517 g/mol. The van der Waals surface area contributed by atoms with Crippen LogP contribution in [0.5, 0.6) is 0 Å². The van der Waals surface area contributed by atoms with Gasteiger partial charge in [0.1, 0.15) is 5.82 Å². The fraction of sp³-hybridized carbons (Fsp3) is 0.172. The lowest BCUT2D eigenvalue weighted by Crippen LogP contribution is -2.51. The molecule has 0 aliphatic carbocycles. The van der Waals surface area contributed by atoms with Crippen molar-refractivity contribution in [2.75, 3.05) is 31.5 Å². The molecule has 1 aliphatic rings. The van der Waals surface area contributed by atoms with E-state index in [1.165, 1.54) is 12.1 Å². The number of carbonyl (C=O) groups is 2. The molecule has 37 heavy (non-hydrogen) atoms. The Hall–Kier alpha value is -4.10. The number of hydrogen-bond acceptors (Lipinski definition) is 2. The van der Waals surface area contributed by atoms with Gasteiger partial charge < -0.3 is 19.7 Å². The van der Waals surface area contributed by atoms with E-state index in [9.17, 15) is 14.0 Å². The summed E-state index contributed by atoms with van der Waals surface area (Å²) < 4.78 is 15.5. The first-order valence-electron chi connectivity index (χ1n) is 12.1. The SMILES string of the molecule is Cc1c(C(=O)N2CCN(C(=O)Nc3cccc(F)c3)CC2)cc(-c2ccccc2)n1-c1ccccc1Cl. The molecule has 3 amide bonds. The van der Waals surface area contributed by atoms with Gasteiger partial charge in [0.15, 0.2) is 0 Å². The van der Waals surface area contributed by atoms with E-state index >= 15 is 0 Å². The van der Waals surface area contributed by atoms with Crippen molar-refractivity contribution in [3.63, 3.8) is 0 Å². The fourth-order valence-corrected chi connectivity index (χ4v) is 4.86. The van der Waals surface area contributed by atoms with E-state index in [-0.39, 0.29) is 11.9 Å². The molecule has 8 heteroatoms. The second-order valence-electron chi connectivity index (χ2n) is 8.90. The summed E-state index contributed by atoms with van der Waals surface area (Å²) in [5.74, 6) is -0.507. The molecule has 188 valence electrons. The zero-order valence-electron chi connectivity index (χ0n) is 20.3. The molecule has 0 saturated carbocycles. The number of para-hydroxylation sites is 1. The molecule has 4 aromatic rings. The van der Waals surface area contributed by atoms with Crippen LogP contribution >= 0.6 is 11.6 Å². The van der Waals surface area contributed by atoms with Crippen LogP contribution in [-0.4, -0.2) is 52.5 Å². The average Bonchev–Trinajstić information content (AvgIpc) is 3.26. The van der Waals surface area contributed by atoms with Crippen LogP contribution < -0.4 is 5.32 Å². The first kappa shape index (κ1) is 24.6. The highest BCUT2D eigenvalue weighted by Crippen LogP contribution is 2.33. The molecule has 5 rings (SSSR count). The number of carbonyl (C=O) groups excluding carboxylic acids is 2. The van der Waals surface area contributed by atoms with Gasteiger partial charge in [0.2, 0.25) is 0 Å². The monoisotopic (exact) mass is 516 g/mol. The molecule has 1 fully saturated rings. The second kappa shape index (κ2) is 10.5. The number of urea groups is 1. The quantitative estimate of drug-likeness (QED) is 0.349. The van der Waals surface area contributed by atoms with Gasteiger partial charge in [-0.3, -0.25) is 4.79 Å². The van der Waals surface area contributed by atoms with E-state index in [4.69, 9.17) is 11.6 Å². The third-order valence-electron chi connectivity index (χ3n) is 6.57. The van der Waals surface area contributed by atoms with E-state index in [0.29, 0.717) is 42.5 Å². The van der Waals surface area contributed by atoms with E-state index in [0.717, 1.165) is 22.6 Å². The highest BCUT2D eigenvalue weighted by molar-refractivity contribution is 6.32. The molecule has 3 aromatic carbocycles. The molecule has 6 nitrogen and oxygen atoms in total. The molecule has 1 saturated heterocycles. The van der Waals surface area contributed by atoms with E-state index in [1.54, 1.807) is 21.9 Å². The Balaban J connectivity index is 1.37. The van der Waals surface area contributed by atoms with Crippen LogP contribution in [0.15, 0.2) is 84.9 Å². The summed E-state index contributed by atoms with van der Waals surface area (Å²) in [4.78, 5) is 29.7. The summed E-state index contributed by atoms with van der Waals surface area (Å²) in [5.41, 5.74) is 4.44. The van der Waals surface area contributed by atoms with Crippen LogP contribution in [0.3, 0.4) is 0 Å². The number of aromatic nitrogens is 1. The van der Waals surface area contributed by atoms with Gasteiger partial charge in [-0.05, 0) is 48.9 Å². The largest absolute Gasteiger partial charge is 0.335 e. The highest BCUT2D eigenvalue weighted by atomic mass is 35.5. The number of amides is 3. The number of nitrogens with one attached hydrogen (secondary N) is 1. The molecular weight excluding hydrogens is 491 g/mol. The third-order valence-corrected chi connectivity index (χ3v) is 6.89. The van der Waals surface area contributed by atoms with Crippen molar-refractivity contribution >= 4 is 29.2 Å². The molecule has 0 bridgehead atoms. The lowest BCUT2D eigenvalue weighted by molar-refractivity contribution is 0.0671. The second-order valence-corrected chi connectivity index (χ2v) is 9.31. The molecule has 2 heterocycles. The maximum absolute atomic E-state index is 13.7. The Kier molecular flexibility index (Phi) is 6.97. The first-order valence-corrected chi connectivity index (χ1v) is 12.4. The van der Waals surface area contributed by atoms with Crippen LogP contribution in [0.2, 0.25) is 5.02 Å². The van der Waals surface area contributed by atoms with Gasteiger partial charge in [-0.2, -0.15) is 0 Å². The maximum Gasteiger partial charge on any atom is 0.321 e. The molecule has 0 radical (unpaired) electrons. The van der Waals surface area contributed by atoms with Crippen LogP contribution in [0.4, 0.5) is 14.9 Å². The minimum absolute atomic E-state index is 0.0920. The van der Waals surface area contributed by atoms with Crippen LogP contribution in [-0.2, 0) is 0 Å². The van der Waals surface area contributed by atoms with Crippen molar-refractivity contribution in [2.24, 2.45) is 0 Å². The fourth-order valence-electron chi connectivity index (χ4n) is 4.64. The Morgan fingerprint density at radius 1 is 0.838 bits per heavy atom. The van der Waals surface area contributed by atoms with Crippen LogP contribution in [0.1, 0.15) is 16.1 Å². The summed E-state index contributed by atoms with van der Waals surface area (Å²) >= 11 is 6.56. The van der Waals surface area contributed by atoms with Crippen molar-refractivity contribution < 1.29 is 14.0 Å². The number of anilines is 1. The third kappa shape index (κ3) is 5.08. The molecule has 0 atom stereocenters. The summed E-state index contributed by atoms with van der Waals surface area (Å²) in [6, 6.07) is 24.8. The van der Waals surface area contributed by atoms with Gasteiger partial charge in [-0.1, -0.05) is 60.1 Å². The number of halogens is 2. The molecule has 1 N–H and O–H groups in total. The van der Waals surface area contributed by atoms with Crippen molar-refractivity contribution in [2.45, 2.75) is 6.92 Å². The Bertz CT molecular complexity index is 1450. The van der Waals surface area contributed by atoms with E-state index < -0.39 is 5.82 Å². The molecule has 1 aliphatic heterocycles. The topological polar surface area (TPSA) is 57.6 Å². The minimum Gasteiger partial charge on any atom is -0.335 e. The zero-order chi connectivity index (χ0) is 25.9. The molecule has 0 unspecified atom stereocenters. The van der Waals surface area contributed by atoms with Crippen LogP contribution in [0, 0.1) is 12.7 Å². The Labute approximate surface area is 219 Å². The zero-order valence-corrected chi connectivity index (χ0v) is 21.1.